The van der Waals surface area contributed by atoms with Crippen LogP contribution in [0.2, 0.25) is 0 Å². The fourth-order valence-electron chi connectivity index (χ4n) is 2.89. The Labute approximate surface area is 154 Å². The molecule has 7 nitrogen and oxygen atoms in total. The summed E-state index contributed by atoms with van der Waals surface area (Å²) in [6.07, 6.45) is 0.0946. The van der Waals surface area contributed by atoms with E-state index in [9.17, 15) is 24.8 Å². The van der Waals surface area contributed by atoms with Gasteiger partial charge in [0.25, 0.3) is 11.6 Å². The highest BCUT2D eigenvalue weighted by molar-refractivity contribution is 5.97. The van der Waals surface area contributed by atoms with Gasteiger partial charge in [0, 0.05) is 24.1 Å². The number of rotatable bonds is 6. The summed E-state index contributed by atoms with van der Waals surface area (Å²) in [6.45, 7) is 0. The first kappa shape index (κ1) is 18.1. The summed E-state index contributed by atoms with van der Waals surface area (Å²) in [4.78, 5) is 34.3. The molecule has 0 spiro atoms. The third-order valence-electron chi connectivity index (χ3n) is 4.23. The summed E-state index contributed by atoms with van der Waals surface area (Å²) in [5.41, 5.74) is 0.594. The lowest BCUT2D eigenvalue weighted by Crippen LogP contribution is -2.42. The molecule has 0 aliphatic carbocycles. The van der Waals surface area contributed by atoms with Crippen LogP contribution in [0.5, 0.6) is 0 Å². The van der Waals surface area contributed by atoms with Crippen molar-refractivity contribution in [2.45, 2.75) is 12.5 Å². The second-order valence-electron chi connectivity index (χ2n) is 6.01. The number of fused-ring (bicyclic) bond motifs is 1. The number of non-ortho nitro benzene ring substituents is 1. The van der Waals surface area contributed by atoms with E-state index in [1.54, 1.807) is 0 Å². The van der Waals surface area contributed by atoms with Crippen LogP contribution in [0.25, 0.3) is 10.8 Å². The molecule has 0 aliphatic heterocycles. The van der Waals surface area contributed by atoms with Gasteiger partial charge in [-0.25, -0.2) is 4.79 Å². The Morgan fingerprint density at radius 2 is 1.74 bits per heavy atom. The van der Waals surface area contributed by atoms with Crippen molar-refractivity contribution in [3.05, 3.63) is 88.0 Å². The van der Waals surface area contributed by atoms with Crippen molar-refractivity contribution < 1.29 is 19.6 Å². The van der Waals surface area contributed by atoms with Crippen LogP contribution in [0.3, 0.4) is 0 Å². The van der Waals surface area contributed by atoms with Crippen LogP contribution in [0.1, 0.15) is 15.9 Å². The van der Waals surface area contributed by atoms with E-state index in [1.807, 2.05) is 42.5 Å². The van der Waals surface area contributed by atoms with Crippen molar-refractivity contribution in [2.24, 2.45) is 0 Å². The number of carbonyl (C=O) groups is 2. The van der Waals surface area contributed by atoms with E-state index < -0.39 is 22.8 Å². The number of nitrogens with one attached hydrogen (secondary N) is 1. The molecule has 0 aromatic heterocycles. The Bertz CT molecular complexity index is 1030. The molecule has 0 aliphatic rings. The normalized spacial score (nSPS) is 11.7. The predicted molar refractivity (Wildman–Crippen MR) is 99.6 cm³/mol. The van der Waals surface area contributed by atoms with E-state index in [2.05, 4.69) is 5.32 Å². The molecule has 3 aromatic carbocycles. The van der Waals surface area contributed by atoms with Gasteiger partial charge in [-0.1, -0.05) is 48.5 Å². The number of nitro benzene ring substituents is 1. The number of amides is 1. The van der Waals surface area contributed by atoms with Gasteiger partial charge in [-0.2, -0.15) is 0 Å². The van der Waals surface area contributed by atoms with Crippen molar-refractivity contribution in [1.29, 1.82) is 0 Å². The zero-order valence-electron chi connectivity index (χ0n) is 14.2. The molecule has 0 fully saturated rings. The second kappa shape index (κ2) is 7.65. The highest BCUT2D eigenvalue weighted by Gasteiger charge is 2.22. The topological polar surface area (TPSA) is 110 Å². The van der Waals surface area contributed by atoms with Crippen molar-refractivity contribution >= 4 is 28.3 Å². The number of hydrogen-bond acceptors (Lipinski definition) is 4. The molecule has 0 saturated heterocycles. The molecule has 0 heterocycles. The minimum atomic E-state index is -1.18. The summed E-state index contributed by atoms with van der Waals surface area (Å²) < 4.78 is 0. The minimum Gasteiger partial charge on any atom is -0.480 e. The molecule has 1 amide bonds. The first-order valence-corrected chi connectivity index (χ1v) is 8.20. The quantitative estimate of drug-likeness (QED) is 0.516. The third kappa shape index (κ3) is 4.09. The van der Waals surface area contributed by atoms with E-state index in [0.717, 1.165) is 22.4 Å². The lowest BCUT2D eigenvalue weighted by atomic mass is 9.98. The van der Waals surface area contributed by atoms with Crippen LogP contribution in [0.4, 0.5) is 5.69 Å². The zero-order valence-corrected chi connectivity index (χ0v) is 14.2. The number of carboxylic acid groups (broad SMARTS) is 1. The SMILES string of the molecule is O=C(N[C@H](Cc1cccc2ccccc12)C(=O)O)c1cccc([N+](=O)[O-])c1. The molecule has 7 heteroatoms. The van der Waals surface area contributed by atoms with Gasteiger partial charge in [-0.3, -0.25) is 14.9 Å². The molecular weight excluding hydrogens is 348 g/mol. The Morgan fingerprint density at radius 3 is 2.48 bits per heavy atom. The van der Waals surface area contributed by atoms with Crippen molar-refractivity contribution in [3.63, 3.8) is 0 Å². The number of aliphatic carboxylic acids is 1. The fraction of sp³-hybridized carbons (Fsp3) is 0.100. The molecule has 27 heavy (non-hydrogen) atoms. The molecule has 0 unspecified atom stereocenters. The van der Waals surface area contributed by atoms with Gasteiger partial charge in [0.05, 0.1) is 4.92 Å². The largest absolute Gasteiger partial charge is 0.480 e. The first-order valence-electron chi connectivity index (χ1n) is 8.20. The summed E-state index contributed by atoms with van der Waals surface area (Å²) in [5, 5.41) is 24.7. The molecule has 136 valence electrons. The van der Waals surface area contributed by atoms with Crippen LogP contribution in [0, 0.1) is 10.1 Å². The standard InChI is InChI=1S/C20H16N2O5/c23-19(15-8-4-9-16(11-15)22(26)27)21-18(20(24)25)12-14-7-3-6-13-5-1-2-10-17(13)14/h1-11,18H,12H2,(H,21,23)(H,24,25)/t18-/m1/s1. The summed E-state index contributed by atoms with van der Waals surface area (Å²) in [6, 6.07) is 17.2. The zero-order chi connectivity index (χ0) is 19.4. The molecule has 0 saturated carbocycles. The Hall–Kier alpha value is -3.74. The van der Waals surface area contributed by atoms with E-state index in [-0.39, 0.29) is 17.7 Å². The van der Waals surface area contributed by atoms with Gasteiger partial charge in [-0.15, -0.1) is 0 Å². The Kier molecular flexibility index (Phi) is 5.12. The van der Waals surface area contributed by atoms with Gasteiger partial charge < -0.3 is 10.4 Å². The lowest BCUT2D eigenvalue weighted by molar-refractivity contribution is -0.384. The average Bonchev–Trinajstić information content (AvgIpc) is 2.67. The Morgan fingerprint density at radius 1 is 1.04 bits per heavy atom. The van der Waals surface area contributed by atoms with Crippen molar-refractivity contribution in [2.75, 3.05) is 0 Å². The lowest BCUT2D eigenvalue weighted by Gasteiger charge is -2.16. The van der Waals surface area contributed by atoms with Gasteiger partial charge >= 0.3 is 5.97 Å². The molecule has 3 aromatic rings. The molecule has 2 N–H and O–H groups in total. The minimum absolute atomic E-state index is 0.0355. The van der Waals surface area contributed by atoms with Gasteiger partial charge in [-0.05, 0) is 22.4 Å². The molecular formula is C20H16N2O5. The smallest absolute Gasteiger partial charge is 0.326 e. The monoisotopic (exact) mass is 364 g/mol. The maximum absolute atomic E-state index is 12.4. The number of benzene rings is 3. The highest BCUT2D eigenvalue weighted by atomic mass is 16.6. The maximum Gasteiger partial charge on any atom is 0.326 e. The molecule has 1 atom stereocenters. The number of nitrogens with zero attached hydrogens (tertiary/aromatic N) is 1. The average molecular weight is 364 g/mol. The molecule has 0 bridgehead atoms. The summed E-state index contributed by atoms with van der Waals surface area (Å²) in [5.74, 6) is -1.85. The maximum atomic E-state index is 12.4. The molecule has 3 rings (SSSR count). The second-order valence-corrected chi connectivity index (χ2v) is 6.01. The van der Waals surface area contributed by atoms with Crippen LogP contribution in [-0.2, 0) is 11.2 Å². The van der Waals surface area contributed by atoms with Gasteiger partial charge in [0.15, 0.2) is 0 Å². The van der Waals surface area contributed by atoms with Crippen molar-refractivity contribution in [1.82, 2.24) is 5.32 Å². The van der Waals surface area contributed by atoms with Crippen LogP contribution in [0.15, 0.2) is 66.7 Å². The van der Waals surface area contributed by atoms with E-state index in [0.29, 0.717) is 0 Å². The number of carboxylic acids is 1. The Balaban J connectivity index is 1.84. The first-order chi connectivity index (χ1) is 13.0. The van der Waals surface area contributed by atoms with Crippen LogP contribution >= 0.6 is 0 Å². The highest BCUT2D eigenvalue weighted by Crippen LogP contribution is 2.20. The molecule has 0 radical (unpaired) electrons. The van der Waals surface area contributed by atoms with E-state index in [4.69, 9.17) is 0 Å². The van der Waals surface area contributed by atoms with Crippen LogP contribution in [-0.4, -0.2) is 27.9 Å². The fourth-order valence-corrected chi connectivity index (χ4v) is 2.89. The number of nitro groups is 1. The van der Waals surface area contributed by atoms with Crippen LogP contribution < -0.4 is 5.32 Å². The van der Waals surface area contributed by atoms with E-state index in [1.165, 1.54) is 18.2 Å². The van der Waals surface area contributed by atoms with E-state index >= 15 is 0 Å². The summed E-state index contributed by atoms with van der Waals surface area (Å²) in [7, 11) is 0. The number of carbonyl (C=O) groups excluding carboxylic acids is 1. The summed E-state index contributed by atoms with van der Waals surface area (Å²) >= 11 is 0. The van der Waals surface area contributed by atoms with Crippen molar-refractivity contribution in [3.8, 4) is 0 Å². The predicted octanol–water partition coefficient (Wildman–Crippen LogP) is 3.17. The third-order valence-corrected chi connectivity index (χ3v) is 4.23. The number of hydrogen-bond donors (Lipinski definition) is 2. The van der Waals surface area contributed by atoms with Gasteiger partial charge in [0.1, 0.15) is 6.04 Å². The van der Waals surface area contributed by atoms with Gasteiger partial charge in [0.2, 0.25) is 0 Å².